The average Bonchev–Trinajstić information content (AvgIpc) is 3.16. The molecule has 1 aliphatic rings. The predicted molar refractivity (Wildman–Crippen MR) is 140 cm³/mol. The number of carboxylic acids is 1. The van der Waals surface area contributed by atoms with E-state index in [0.717, 1.165) is 55.3 Å². The summed E-state index contributed by atoms with van der Waals surface area (Å²) < 4.78 is 7.90. The van der Waals surface area contributed by atoms with Crippen LogP contribution in [0, 0.1) is 5.92 Å². The average molecular weight is 477 g/mol. The minimum absolute atomic E-state index is 0.0534. The lowest BCUT2D eigenvalue weighted by Crippen LogP contribution is -2.16. The molecule has 0 spiro atoms. The van der Waals surface area contributed by atoms with E-state index >= 15 is 0 Å². The number of fused-ring (bicyclic) bond motifs is 3. The highest BCUT2D eigenvalue weighted by molar-refractivity contribution is 5.95. The molecular weight excluding hydrogens is 440 g/mol. The van der Waals surface area contributed by atoms with Gasteiger partial charge in [0.1, 0.15) is 5.75 Å². The lowest BCUT2D eigenvalue weighted by Gasteiger charge is -2.23. The molecule has 1 aliphatic carbocycles. The molecule has 1 heterocycles. The minimum atomic E-state index is -0.969. The molecule has 6 heteroatoms. The van der Waals surface area contributed by atoms with Gasteiger partial charge < -0.3 is 19.7 Å². The van der Waals surface area contributed by atoms with Crippen LogP contribution in [0.15, 0.2) is 36.4 Å². The molecule has 0 fully saturated rings. The standard InChI is InChI=1S/C29H36N2O4/c1-4-6-7-8-28(32)30-22-12-13-23-24-15-19(5-2)9-14-25(24)31(26(23)17-22)18-21-11-10-20(29(33)34)16-27(21)35-3/h10-13,16-17,19H,4-9,14-15,18H2,1-3H3,(H,30,32)(H,33,34). The van der Waals surface area contributed by atoms with E-state index in [9.17, 15) is 14.7 Å². The van der Waals surface area contributed by atoms with Gasteiger partial charge in [0, 0.05) is 28.8 Å². The number of rotatable bonds is 10. The van der Waals surface area contributed by atoms with Crippen LogP contribution in [0.2, 0.25) is 0 Å². The molecule has 0 aliphatic heterocycles. The van der Waals surface area contributed by atoms with Gasteiger partial charge in [0.15, 0.2) is 0 Å². The maximum atomic E-state index is 12.5. The highest BCUT2D eigenvalue weighted by atomic mass is 16.5. The van der Waals surface area contributed by atoms with Gasteiger partial charge >= 0.3 is 5.97 Å². The first-order valence-corrected chi connectivity index (χ1v) is 12.8. The Morgan fingerprint density at radius 3 is 2.69 bits per heavy atom. The minimum Gasteiger partial charge on any atom is -0.496 e. The van der Waals surface area contributed by atoms with Crippen molar-refractivity contribution < 1.29 is 19.4 Å². The van der Waals surface area contributed by atoms with Crippen molar-refractivity contribution in [2.24, 2.45) is 5.92 Å². The molecule has 0 saturated heterocycles. The molecule has 2 N–H and O–H groups in total. The maximum Gasteiger partial charge on any atom is 0.335 e. The Bertz CT molecular complexity index is 1230. The third-order valence-electron chi connectivity index (χ3n) is 7.30. The third kappa shape index (κ3) is 5.37. The summed E-state index contributed by atoms with van der Waals surface area (Å²) in [6.45, 7) is 4.98. The summed E-state index contributed by atoms with van der Waals surface area (Å²) in [5.41, 5.74) is 5.80. The second kappa shape index (κ2) is 11.0. The number of nitrogens with zero attached hydrogens (tertiary/aromatic N) is 1. The van der Waals surface area contributed by atoms with Gasteiger partial charge in [-0.3, -0.25) is 4.79 Å². The molecule has 2 aromatic carbocycles. The van der Waals surface area contributed by atoms with Crippen LogP contribution in [0.5, 0.6) is 5.75 Å². The Balaban J connectivity index is 1.73. The zero-order chi connectivity index (χ0) is 24.9. The normalized spacial score (nSPS) is 15.1. The molecule has 1 amide bonds. The van der Waals surface area contributed by atoms with Gasteiger partial charge in [0.05, 0.1) is 24.7 Å². The van der Waals surface area contributed by atoms with Crippen LogP contribution in [-0.2, 0) is 24.2 Å². The van der Waals surface area contributed by atoms with Gasteiger partial charge in [-0.25, -0.2) is 4.79 Å². The molecule has 3 aromatic rings. The first-order valence-electron chi connectivity index (χ1n) is 12.8. The van der Waals surface area contributed by atoms with E-state index in [2.05, 4.69) is 35.9 Å². The summed E-state index contributed by atoms with van der Waals surface area (Å²) in [6.07, 6.45) is 7.99. The highest BCUT2D eigenvalue weighted by Gasteiger charge is 2.25. The number of aromatic carboxylic acids is 1. The number of carbonyl (C=O) groups excluding carboxylic acids is 1. The van der Waals surface area contributed by atoms with E-state index in [1.165, 1.54) is 23.1 Å². The summed E-state index contributed by atoms with van der Waals surface area (Å²) >= 11 is 0. The van der Waals surface area contributed by atoms with Crippen molar-refractivity contribution in [1.82, 2.24) is 4.57 Å². The number of unbranched alkanes of at least 4 members (excludes halogenated alkanes) is 2. The number of amides is 1. The molecule has 0 saturated carbocycles. The van der Waals surface area contributed by atoms with Crippen molar-refractivity contribution in [3.8, 4) is 5.75 Å². The fourth-order valence-electron chi connectivity index (χ4n) is 5.26. The predicted octanol–water partition coefficient (Wildman–Crippen LogP) is 6.43. The molecule has 1 aromatic heterocycles. The number of carboxylic acid groups (broad SMARTS) is 1. The summed E-state index contributed by atoms with van der Waals surface area (Å²) in [6, 6.07) is 11.3. The fourth-order valence-corrected chi connectivity index (χ4v) is 5.26. The Kier molecular flexibility index (Phi) is 7.79. The molecule has 186 valence electrons. The number of methoxy groups -OCH3 is 1. The second-order valence-corrected chi connectivity index (χ2v) is 9.60. The number of ether oxygens (including phenoxy) is 1. The van der Waals surface area contributed by atoms with Gasteiger partial charge in [-0.2, -0.15) is 0 Å². The summed E-state index contributed by atoms with van der Waals surface area (Å²) in [7, 11) is 1.58. The fraction of sp³-hybridized carbons (Fsp3) is 0.448. The van der Waals surface area contributed by atoms with Crippen molar-refractivity contribution in [2.45, 2.75) is 71.8 Å². The number of nitrogens with one attached hydrogen (secondary N) is 1. The Hall–Kier alpha value is -3.28. The van der Waals surface area contributed by atoms with E-state index < -0.39 is 5.97 Å². The Morgan fingerprint density at radius 2 is 1.97 bits per heavy atom. The van der Waals surface area contributed by atoms with Crippen molar-refractivity contribution in [3.05, 3.63) is 58.8 Å². The zero-order valence-corrected chi connectivity index (χ0v) is 21.0. The van der Waals surface area contributed by atoms with Crippen LogP contribution < -0.4 is 10.1 Å². The zero-order valence-electron chi connectivity index (χ0n) is 21.0. The number of aromatic nitrogens is 1. The van der Waals surface area contributed by atoms with E-state index in [4.69, 9.17) is 4.74 Å². The summed E-state index contributed by atoms with van der Waals surface area (Å²) in [4.78, 5) is 23.9. The van der Waals surface area contributed by atoms with Crippen molar-refractivity contribution in [2.75, 3.05) is 12.4 Å². The largest absolute Gasteiger partial charge is 0.496 e. The third-order valence-corrected chi connectivity index (χ3v) is 7.30. The van der Waals surface area contributed by atoms with Gasteiger partial charge in [-0.05, 0) is 61.4 Å². The maximum absolute atomic E-state index is 12.5. The number of benzene rings is 2. The van der Waals surface area contributed by atoms with E-state index in [0.29, 0.717) is 24.6 Å². The highest BCUT2D eigenvalue weighted by Crippen LogP contribution is 2.37. The van der Waals surface area contributed by atoms with Crippen LogP contribution in [0.1, 0.15) is 79.6 Å². The summed E-state index contributed by atoms with van der Waals surface area (Å²) in [5.74, 6) is 0.341. The van der Waals surface area contributed by atoms with Gasteiger partial charge in [-0.1, -0.05) is 45.2 Å². The van der Waals surface area contributed by atoms with Crippen LogP contribution >= 0.6 is 0 Å². The topological polar surface area (TPSA) is 80.6 Å². The molecule has 1 unspecified atom stereocenters. The molecule has 0 bridgehead atoms. The van der Waals surface area contributed by atoms with E-state index in [1.54, 1.807) is 19.2 Å². The van der Waals surface area contributed by atoms with Crippen LogP contribution in [0.4, 0.5) is 5.69 Å². The van der Waals surface area contributed by atoms with Gasteiger partial charge in [-0.15, -0.1) is 0 Å². The Labute approximate surface area is 207 Å². The number of hydrogen-bond donors (Lipinski definition) is 2. The molecule has 6 nitrogen and oxygen atoms in total. The lowest BCUT2D eigenvalue weighted by atomic mass is 9.85. The molecule has 35 heavy (non-hydrogen) atoms. The van der Waals surface area contributed by atoms with Crippen molar-refractivity contribution in [3.63, 3.8) is 0 Å². The molecular formula is C29H36N2O4. The summed E-state index contributed by atoms with van der Waals surface area (Å²) in [5, 5.41) is 13.7. The van der Waals surface area contributed by atoms with Crippen LogP contribution in [0.3, 0.4) is 0 Å². The van der Waals surface area contributed by atoms with Crippen LogP contribution in [-0.4, -0.2) is 28.7 Å². The van der Waals surface area contributed by atoms with Crippen molar-refractivity contribution >= 4 is 28.5 Å². The van der Waals surface area contributed by atoms with Crippen LogP contribution in [0.25, 0.3) is 10.9 Å². The quantitative estimate of drug-likeness (QED) is 0.330. The number of carbonyl (C=O) groups is 2. The second-order valence-electron chi connectivity index (χ2n) is 9.60. The lowest BCUT2D eigenvalue weighted by molar-refractivity contribution is -0.116. The molecule has 4 rings (SSSR count). The molecule has 0 radical (unpaired) electrons. The van der Waals surface area contributed by atoms with Gasteiger partial charge in [0.2, 0.25) is 5.91 Å². The van der Waals surface area contributed by atoms with E-state index in [-0.39, 0.29) is 11.5 Å². The Morgan fingerprint density at radius 1 is 1.14 bits per heavy atom. The van der Waals surface area contributed by atoms with E-state index in [1.807, 2.05) is 12.1 Å². The van der Waals surface area contributed by atoms with Crippen molar-refractivity contribution in [1.29, 1.82) is 0 Å². The number of hydrogen-bond acceptors (Lipinski definition) is 3. The molecule has 1 atom stereocenters. The first-order chi connectivity index (χ1) is 16.9. The monoisotopic (exact) mass is 476 g/mol. The van der Waals surface area contributed by atoms with Gasteiger partial charge in [0.25, 0.3) is 0 Å². The number of anilines is 1. The smallest absolute Gasteiger partial charge is 0.335 e. The SMILES string of the molecule is CCCCCC(=O)Nc1ccc2c3c(n(Cc4ccc(C(=O)O)cc4OC)c2c1)CCC(CC)C3. The first kappa shape index (κ1) is 24.8.